The number of amides is 2. The molecule has 2 amide bonds. The average Bonchev–Trinajstić information content (AvgIpc) is 3.46. The standard InChI is InChI=1S/C28H27N5O5S2/c1-3-18-6-8-19(9-7-18)32-24(34)16-39-28-22(15-29)26(23-5-4-14-38-23)25(17(2)31-28)27(35)33-20-10-12-21(13-11-20)40(30,36)37/h4-14,26,31H,3,16H2,1-2H3,(H,32,34)(H,33,35)(H2,30,36,37)/t26-/m0/s1. The smallest absolute Gasteiger partial charge is 0.254 e. The first-order chi connectivity index (χ1) is 19.1. The summed E-state index contributed by atoms with van der Waals surface area (Å²) in [4.78, 5) is 26.0. The number of aryl methyl sites for hydroxylation is 1. The Balaban J connectivity index is 1.55. The number of carbonyl (C=O) groups excluding carboxylic acids is 2. The molecule has 2 heterocycles. The van der Waals surface area contributed by atoms with Crippen LogP contribution in [0.1, 0.15) is 31.1 Å². The van der Waals surface area contributed by atoms with Gasteiger partial charge in [-0.3, -0.25) is 9.59 Å². The van der Waals surface area contributed by atoms with Crippen molar-refractivity contribution in [3.63, 3.8) is 0 Å². The summed E-state index contributed by atoms with van der Waals surface area (Å²) in [6, 6.07) is 18.5. The lowest BCUT2D eigenvalue weighted by molar-refractivity contribution is -0.114. The third kappa shape index (κ3) is 6.63. The van der Waals surface area contributed by atoms with Crippen molar-refractivity contribution >= 4 is 45.0 Å². The molecule has 4 rings (SSSR count). The zero-order valence-electron chi connectivity index (χ0n) is 21.7. The molecular formula is C28H27N5O5S2. The first kappa shape index (κ1) is 28.7. The summed E-state index contributed by atoms with van der Waals surface area (Å²) >= 11 is 1.15. The van der Waals surface area contributed by atoms with Gasteiger partial charge >= 0.3 is 0 Å². The highest BCUT2D eigenvalue weighted by molar-refractivity contribution is 8.03. The van der Waals surface area contributed by atoms with E-state index in [2.05, 4.69) is 28.9 Å². The number of thioether (sulfide) groups is 1. The summed E-state index contributed by atoms with van der Waals surface area (Å²) in [6.45, 7) is 3.75. The van der Waals surface area contributed by atoms with Crippen molar-refractivity contribution in [3.8, 4) is 6.07 Å². The van der Waals surface area contributed by atoms with Gasteiger partial charge in [-0.05, 0) is 67.4 Å². The Kier molecular flexibility index (Phi) is 8.79. The van der Waals surface area contributed by atoms with Crippen molar-refractivity contribution in [1.29, 1.82) is 5.26 Å². The fourth-order valence-corrected chi connectivity index (χ4v) is 5.56. The zero-order valence-corrected chi connectivity index (χ0v) is 23.4. The van der Waals surface area contributed by atoms with E-state index < -0.39 is 21.8 Å². The number of dihydropyridines is 1. The monoisotopic (exact) mass is 577 g/mol. The van der Waals surface area contributed by atoms with Gasteiger partial charge in [0.05, 0.1) is 45.1 Å². The number of primary sulfonamides is 1. The molecule has 1 aromatic heterocycles. The highest BCUT2D eigenvalue weighted by Gasteiger charge is 2.36. The van der Waals surface area contributed by atoms with Crippen molar-refractivity contribution in [3.05, 3.63) is 100 Å². The van der Waals surface area contributed by atoms with Crippen molar-refractivity contribution in [2.45, 2.75) is 31.1 Å². The Hall–Kier alpha value is -4.31. The quantitative estimate of drug-likeness (QED) is 0.294. The largest absolute Gasteiger partial charge is 0.468 e. The van der Waals surface area contributed by atoms with Crippen LogP contribution in [0.3, 0.4) is 0 Å². The number of sulfonamides is 1. The molecule has 0 saturated carbocycles. The number of benzene rings is 2. The Morgan fingerprint density at radius 2 is 1.73 bits per heavy atom. The number of furan rings is 1. The van der Waals surface area contributed by atoms with Gasteiger partial charge < -0.3 is 20.4 Å². The number of nitrogens with zero attached hydrogens (tertiary/aromatic N) is 1. The third-order valence-corrected chi connectivity index (χ3v) is 8.10. The molecule has 0 saturated heterocycles. The van der Waals surface area contributed by atoms with Crippen molar-refractivity contribution in [1.82, 2.24) is 5.32 Å². The summed E-state index contributed by atoms with van der Waals surface area (Å²) in [5, 5.41) is 24.4. The van der Waals surface area contributed by atoms with Gasteiger partial charge in [0, 0.05) is 17.1 Å². The molecule has 3 aromatic rings. The van der Waals surface area contributed by atoms with Crippen molar-refractivity contribution in [2.75, 3.05) is 16.4 Å². The Bertz CT molecular complexity index is 1620. The number of carbonyl (C=O) groups is 2. The van der Waals surface area contributed by atoms with Gasteiger partial charge in [-0.25, -0.2) is 13.6 Å². The molecule has 0 spiro atoms. The second-order valence-electron chi connectivity index (χ2n) is 8.88. The predicted molar refractivity (Wildman–Crippen MR) is 153 cm³/mol. The number of rotatable bonds is 9. The van der Waals surface area contributed by atoms with Crippen LogP contribution in [0.25, 0.3) is 0 Å². The van der Waals surface area contributed by atoms with E-state index in [-0.39, 0.29) is 27.7 Å². The van der Waals surface area contributed by atoms with E-state index in [4.69, 9.17) is 9.56 Å². The number of hydrogen-bond donors (Lipinski definition) is 4. The van der Waals surface area contributed by atoms with Gasteiger partial charge in [-0.15, -0.1) is 0 Å². The van der Waals surface area contributed by atoms with E-state index in [1.165, 1.54) is 30.5 Å². The number of nitriles is 1. The summed E-state index contributed by atoms with van der Waals surface area (Å²) < 4.78 is 28.7. The molecule has 1 atom stereocenters. The number of hydrogen-bond acceptors (Lipinski definition) is 8. The number of anilines is 2. The molecule has 1 aliphatic rings. The van der Waals surface area contributed by atoms with Gasteiger partial charge in [0.15, 0.2) is 0 Å². The Morgan fingerprint density at radius 3 is 2.30 bits per heavy atom. The molecule has 1 aliphatic heterocycles. The van der Waals surface area contributed by atoms with E-state index in [9.17, 15) is 23.3 Å². The van der Waals surface area contributed by atoms with E-state index in [0.29, 0.717) is 27.9 Å². The fourth-order valence-electron chi connectivity index (χ4n) is 4.15. The average molecular weight is 578 g/mol. The molecule has 0 bridgehead atoms. The molecule has 0 aliphatic carbocycles. The highest BCUT2D eigenvalue weighted by atomic mass is 32.2. The van der Waals surface area contributed by atoms with Crippen LogP contribution in [-0.2, 0) is 26.0 Å². The van der Waals surface area contributed by atoms with Crippen LogP contribution in [0.4, 0.5) is 11.4 Å². The molecule has 40 heavy (non-hydrogen) atoms. The van der Waals surface area contributed by atoms with Crippen LogP contribution < -0.4 is 21.1 Å². The summed E-state index contributed by atoms with van der Waals surface area (Å²) in [6.07, 6.45) is 2.35. The molecule has 5 N–H and O–H groups in total. The minimum absolute atomic E-state index is 0.0269. The SMILES string of the molecule is CCc1ccc(NC(=O)CSC2=C(C#N)[C@@H](c3ccco3)C(C(=O)Nc3ccc(S(N)(=O)=O)cc3)=C(C)N2)cc1. The summed E-state index contributed by atoms with van der Waals surface area (Å²) in [5.74, 6) is -1.19. The predicted octanol–water partition coefficient (Wildman–Crippen LogP) is 4.20. The molecule has 0 unspecified atom stereocenters. The maximum absolute atomic E-state index is 13.5. The number of nitrogens with two attached hydrogens (primary N) is 1. The molecule has 10 nitrogen and oxygen atoms in total. The maximum atomic E-state index is 13.5. The summed E-state index contributed by atoms with van der Waals surface area (Å²) in [7, 11) is -3.88. The fraction of sp³-hybridized carbons (Fsp3) is 0.179. The lowest BCUT2D eigenvalue weighted by atomic mass is 9.85. The topological polar surface area (TPSA) is 167 Å². The zero-order chi connectivity index (χ0) is 28.9. The second-order valence-corrected chi connectivity index (χ2v) is 11.4. The van der Waals surface area contributed by atoms with Crippen molar-refractivity contribution < 1.29 is 22.4 Å². The van der Waals surface area contributed by atoms with Gasteiger partial charge in [0.25, 0.3) is 5.91 Å². The van der Waals surface area contributed by atoms with Gasteiger partial charge in [0.2, 0.25) is 15.9 Å². The molecular weight excluding hydrogens is 550 g/mol. The summed E-state index contributed by atoms with van der Waals surface area (Å²) in [5.41, 5.74) is 3.11. The number of nitrogens with one attached hydrogen (secondary N) is 3. The van der Waals surface area contributed by atoms with Gasteiger partial charge in [-0.1, -0.05) is 30.8 Å². The highest BCUT2D eigenvalue weighted by Crippen LogP contribution is 2.41. The first-order valence-electron chi connectivity index (χ1n) is 12.2. The first-order valence-corrected chi connectivity index (χ1v) is 14.7. The Morgan fingerprint density at radius 1 is 1.07 bits per heavy atom. The Labute approximate surface area is 236 Å². The molecule has 12 heteroatoms. The van der Waals surface area contributed by atoms with Crippen LogP contribution in [0.5, 0.6) is 0 Å². The van der Waals surface area contributed by atoms with Gasteiger partial charge in [0.1, 0.15) is 5.76 Å². The van der Waals surface area contributed by atoms with E-state index in [1.54, 1.807) is 19.1 Å². The van der Waals surface area contributed by atoms with Gasteiger partial charge in [-0.2, -0.15) is 5.26 Å². The van der Waals surface area contributed by atoms with E-state index in [1.807, 2.05) is 24.3 Å². The van der Waals surface area contributed by atoms with Crippen LogP contribution >= 0.6 is 11.8 Å². The molecule has 2 aromatic carbocycles. The van der Waals surface area contributed by atoms with Crippen LogP contribution in [0, 0.1) is 11.3 Å². The molecule has 0 radical (unpaired) electrons. The lowest BCUT2D eigenvalue weighted by Gasteiger charge is -2.28. The van der Waals surface area contributed by atoms with Crippen molar-refractivity contribution in [2.24, 2.45) is 5.14 Å². The van der Waals surface area contributed by atoms with E-state index in [0.717, 1.165) is 23.7 Å². The maximum Gasteiger partial charge on any atom is 0.254 e. The second kappa shape index (κ2) is 12.3. The van der Waals surface area contributed by atoms with Crippen LogP contribution in [0.2, 0.25) is 0 Å². The third-order valence-electron chi connectivity index (χ3n) is 6.15. The lowest BCUT2D eigenvalue weighted by Crippen LogP contribution is -2.31. The minimum atomic E-state index is -3.88. The molecule has 206 valence electrons. The van der Waals surface area contributed by atoms with Crippen LogP contribution in [0.15, 0.2) is 98.1 Å². The van der Waals surface area contributed by atoms with Crippen LogP contribution in [-0.4, -0.2) is 26.0 Å². The molecule has 0 fully saturated rings. The van der Waals surface area contributed by atoms with E-state index >= 15 is 0 Å². The minimum Gasteiger partial charge on any atom is -0.468 e. The number of allylic oxidation sites excluding steroid dienone is 2. The normalized spacial score (nSPS) is 15.3.